The smallest absolute Gasteiger partial charge is 0.334 e. The first kappa shape index (κ1) is 13.8. The molecule has 0 aliphatic carbocycles. The van der Waals surface area contributed by atoms with E-state index in [1.54, 1.807) is 6.92 Å². The molecule has 2 N–H and O–H groups in total. The minimum absolute atomic E-state index is 0.0308. The number of carboxylic acid groups (broad SMARTS) is 1. The summed E-state index contributed by atoms with van der Waals surface area (Å²) in [6, 6.07) is 1.51. The lowest BCUT2D eigenvalue weighted by molar-refractivity contribution is -0.384. The number of ether oxygens (including phenoxy) is 1. The predicted octanol–water partition coefficient (Wildman–Crippen LogP) is 0.810. The van der Waals surface area contributed by atoms with Gasteiger partial charge in [-0.15, -0.1) is 0 Å². The molecule has 0 saturated carbocycles. The Morgan fingerprint density at radius 2 is 2.39 bits per heavy atom. The molecule has 1 aromatic rings. The van der Waals surface area contributed by atoms with Crippen LogP contribution in [0.3, 0.4) is 0 Å². The summed E-state index contributed by atoms with van der Waals surface area (Å²) in [5.41, 5.74) is 0.277. The molecule has 1 rings (SSSR count). The van der Waals surface area contributed by atoms with Crippen LogP contribution in [-0.4, -0.2) is 40.7 Å². The average molecular weight is 255 g/mol. The van der Waals surface area contributed by atoms with Crippen LogP contribution in [0.1, 0.15) is 5.56 Å². The van der Waals surface area contributed by atoms with Gasteiger partial charge in [0, 0.05) is 18.9 Å². The topological polar surface area (TPSA) is 115 Å². The molecule has 1 heterocycles. The summed E-state index contributed by atoms with van der Waals surface area (Å²) in [6.45, 7) is 1.47. The first-order valence-corrected chi connectivity index (χ1v) is 5.06. The average Bonchev–Trinajstić information content (AvgIpc) is 2.28. The van der Waals surface area contributed by atoms with E-state index in [1.165, 1.54) is 19.4 Å². The van der Waals surface area contributed by atoms with Crippen molar-refractivity contribution in [1.82, 2.24) is 4.98 Å². The van der Waals surface area contributed by atoms with Crippen molar-refractivity contribution in [2.24, 2.45) is 0 Å². The zero-order valence-electron chi connectivity index (χ0n) is 9.91. The van der Waals surface area contributed by atoms with Crippen LogP contribution in [0.2, 0.25) is 0 Å². The fourth-order valence-electron chi connectivity index (χ4n) is 1.37. The molecule has 0 aromatic carbocycles. The number of anilines is 1. The van der Waals surface area contributed by atoms with E-state index in [-0.39, 0.29) is 18.1 Å². The van der Waals surface area contributed by atoms with Crippen LogP contribution >= 0.6 is 0 Å². The summed E-state index contributed by atoms with van der Waals surface area (Å²) in [4.78, 5) is 24.8. The van der Waals surface area contributed by atoms with Crippen molar-refractivity contribution in [3.63, 3.8) is 0 Å². The van der Waals surface area contributed by atoms with Crippen LogP contribution in [0.4, 0.5) is 11.5 Å². The lowest BCUT2D eigenvalue weighted by Crippen LogP contribution is -2.30. The van der Waals surface area contributed by atoms with Crippen molar-refractivity contribution in [3.05, 3.63) is 27.9 Å². The molecule has 1 aromatic heterocycles. The van der Waals surface area contributed by atoms with Crippen molar-refractivity contribution in [2.75, 3.05) is 19.0 Å². The minimum atomic E-state index is -1.15. The summed E-state index contributed by atoms with van der Waals surface area (Å²) in [5.74, 6) is -1.12. The summed E-state index contributed by atoms with van der Waals surface area (Å²) < 4.78 is 4.70. The summed E-state index contributed by atoms with van der Waals surface area (Å²) in [6.07, 6.45) is 0.319. The zero-order valence-corrected chi connectivity index (χ0v) is 9.91. The number of rotatable bonds is 6. The fourth-order valence-corrected chi connectivity index (χ4v) is 1.37. The van der Waals surface area contributed by atoms with Gasteiger partial charge in [-0.25, -0.2) is 9.78 Å². The Kier molecular flexibility index (Phi) is 4.55. The second-order valence-corrected chi connectivity index (χ2v) is 3.53. The van der Waals surface area contributed by atoms with Crippen molar-refractivity contribution >= 4 is 17.5 Å². The normalized spacial score (nSPS) is 11.9. The molecule has 0 bridgehead atoms. The van der Waals surface area contributed by atoms with E-state index in [0.717, 1.165) is 0 Å². The molecule has 98 valence electrons. The molecule has 0 saturated heterocycles. The van der Waals surface area contributed by atoms with Gasteiger partial charge in [-0.1, -0.05) is 0 Å². The van der Waals surface area contributed by atoms with Gasteiger partial charge in [-0.3, -0.25) is 10.1 Å². The number of aromatic nitrogens is 1. The third kappa shape index (κ3) is 3.14. The monoisotopic (exact) mass is 255 g/mol. The van der Waals surface area contributed by atoms with Gasteiger partial charge in [0.1, 0.15) is 0 Å². The van der Waals surface area contributed by atoms with Gasteiger partial charge in [0.2, 0.25) is 5.82 Å². The molecule has 8 heteroatoms. The van der Waals surface area contributed by atoms with Gasteiger partial charge in [0.05, 0.1) is 11.5 Å². The van der Waals surface area contributed by atoms with E-state index in [0.29, 0.717) is 5.56 Å². The highest BCUT2D eigenvalue weighted by Crippen LogP contribution is 2.25. The SMILES string of the molecule is COC(CNc1nccc(C)c1[N+](=O)[O-])C(=O)O. The van der Waals surface area contributed by atoms with Gasteiger partial charge in [-0.2, -0.15) is 0 Å². The van der Waals surface area contributed by atoms with Crippen LogP contribution in [0.25, 0.3) is 0 Å². The number of hydrogen-bond donors (Lipinski definition) is 2. The number of carboxylic acids is 1. The number of methoxy groups -OCH3 is 1. The van der Waals surface area contributed by atoms with Crippen LogP contribution in [0.5, 0.6) is 0 Å². The first-order valence-electron chi connectivity index (χ1n) is 5.06. The minimum Gasteiger partial charge on any atom is -0.479 e. The maximum absolute atomic E-state index is 10.9. The van der Waals surface area contributed by atoms with E-state index in [9.17, 15) is 14.9 Å². The number of carbonyl (C=O) groups is 1. The number of aryl methyl sites for hydroxylation is 1. The number of aliphatic carboxylic acids is 1. The number of pyridine rings is 1. The standard InChI is InChI=1S/C10H13N3O5/c1-6-3-4-11-9(8(6)13(16)17)12-5-7(18-2)10(14)15/h3-4,7H,5H2,1-2H3,(H,11,12)(H,14,15). The van der Waals surface area contributed by atoms with E-state index in [1.807, 2.05) is 0 Å². The Labute approximate surface area is 103 Å². The van der Waals surface area contributed by atoms with Gasteiger partial charge in [0.25, 0.3) is 0 Å². The van der Waals surface area contributed by atoms with Crippen molar-refractivity contribution < 1.29 is 19.6 Å². The molecule has 0 fully saturated rings. The van der Waals surface area contributed by atoms with E-state index >= 15 is 0 Å². The molecule has 0 spiro atoms. The van der Waals surface area contributed by atoms with Gasteiger partial charge in [0.15, 0.2) is 6.10 Å². The van der Waals surface area contributed by atoms with Crippen LogP contribution in [0, 0.1) is 17.0 Å². The van der Waals surface area contributed by atoms with Gasteiger partial charge in [-0.05, 0) is 13.0 Å². The van der Waals surface area contributed by atoms with Crippen LogP contribution < -0.4 is 5.32 Å². The highest BCUT2D eigenvalue weighted by atomic mass is 16.6. The molecule has 8 nitrogen and oxygen atoms in total. The predicted molar refractivity (Wildman–Crippen MR) is 62.6 cm³/mol. The van der Waals surface area contributed by atoms with E-state index in [4.69, 9.17) is 9.84 Å². The Bertz CT molecular complexity index is 463. The second kappa shape index (κ2) is 5.92. The lowest BCUT2D eigenvalue weighted by Gasteiger charge is -2.12. The first-order chi connectivity index (χ1) is 8.47. The van der Waals surface area contributed by atoms with E-state index < -0.39 is 17.0 Å². The molecular weight excluding hydrogens is 242 g/mol. The largest absolute Gasteiger partial charge is 0.479 e. The fraction of sp³-hybridized carbons (Fsp3) is 0.400. The molecule has 18 heavy (non-hydrogen) atoms. The zero-order chi connectivity index (χ0) is 13.7. The third-order valence-electron chi connectivity index (χ3n) is 2.32. The Morgan fingerprint density at radius 3 is 2.89 bits per heavy atom. The molecular formula is C10H13N3O5. The Balaban J connectivity index is 2.88. The number of nitro groups is 1. The quantitative estimate of drug-likeness (QED) is 0.570. The number of nitrogens with one attached hydrogen (secondary N) is 1. The highest BCUT2D eigenvalue weighted by Gasteiger charge is 2.21. The van der Waals surface area contributed by atoms with Crippen molar-refractivity contribution in [1.29, 1.82) is 0 Å². The molecule has 1 atom stereocenters. The third-order valence-corrected chi connectivity index (χ3v) is 2.32. The van der Waals surface area contributed by atoms with Gasteiger partial charge >= 0.3 is 11.7 Å². The van der Waals surface area contributed by atoms with E-state index in [2.05, 4.69) is 10.3 Å². The van der Waals surface area contributed by atoms with Crippen molar-refractivity contribution in [2.45, 2.75) is 13.0 Å². The summed E-state index contributed by atoms with van der Waals surface area (Å²) in [5, 5.41) is 22.2. The molecule has 0 radical (unpaired) electrons. The molecule has 1 unspecified atom stereocenters. The summed E-state index contributed by atoms with van der Waals surface area (Å²) >= 11 is 0. The van der Waals surface area contributed by atoms with Gasteiger partial charge < -0.3 is 15.2 Å². The second-order valence-electron chi connectivity index (χ2n) is 3.53. The Hall–Kier alpha value is -2.22. The van der Waals surface area contributed by atoms with Crippen LogP contribution in [0.15, 0.2) is 12.3 Å². The highest BCUT2D eigenvalue weighted by molar-refractivity contribution is 5.73. The number of nitrogens with zero attached hydrogens (tertiary/aromatic N) is 2. The number of hydrogen-bond acceptors (Lipinski definition) is 6. The lowest BCUT2D eigenvalue weighted by atomic mass is 10.2. The molecule has 0 aliphatic rings. The van der Waals surface area contributed by atoms with Crippen LogP contribution in [-0.2, 0) is 9.53 Å². The maximum atomic E-state index is 10.9. The summed E-state index contributed by atoms with van der Waals surface area (Å²) in [7, 11) is 1.25. The molecule has 0 aliphatic heterocycles. The maximum Gasteiger partial charge on any atom is 0.334 e. The Morgan fingerprint density at radius 1 is 1.72 bits per heavy atom. The molecule has 0 amide bonds. The van der Waals surface area contributed by atoms with Crippen molar-refractivity contribution in [3.8, 4) is 0 Å².